The zero-order valence-corrected chi connectivity index (χ0v) is 12.7. The van der Waals surface area contributed by atoms with Gasteiger partial charge in [0.15, 0.2) is 0 Å². The Bertz CT molecular complexity index is 337. The summed E-state index contributed by atoms with van der Waals surface area (Å²) >= 11 is 0. The molecule has 1 heterocycles. The van der Waals surface area contributed by atoms with Crippen LogP contribution in [-0.2, 0) is 6.54 Å². The summed E-state index contributed by atoms with van der Waals surface area (Å²) in [7, 11) is 0. The second kappa shape index (κ2) is 6.93. The van der Waals surface area contributed by atoms with E-state index in [1.807, 2.05) is 0 Å². The van der Waals surface area contributed by atoms with Crippen LogP contribution in [0, 0.1) is 5.41 Å². The highest BCUT2D eigenvalue weighted by atomic mass is 15.3. The maximum absolute atomic E-state index is 4.65. The van der Waals surface area contributed by atoms with Crippen LogP contribution in [0.4, 0.5) is 0 Å². The van der Waals surface area contributed by atoms with Crippen molar-refractivity contribution in [2.45, 2.75) is 66.5 Å². The fourth-order valence-corrected chi connectivity index (χ4v) is 1.99. The maximum Gasteiger partial charge on any atom is 0.0762 e. The Labute approximate surface area is 112 Å². The SMILES string of the molecule is CCC(CC)n1ccc(CNCC(C)(C)CC)n1. The van der Waals surface area contributed by atoms with E-state index in [2.05, 4.69) is 62.0 Å². The Morgan fingerprint density at radius 1 is 1.28 bits per heavy atom. The van der Waals surface area contributed by atoms with E-state index in [0.29, 0.717) is 11.5 Å². The van der Waals surface area contributed by atoms with Gasteiger partial charge in [0, 0.05) is 19.3 Å². The molecular weight excluding hydrogens is 222 g/mol. The lowest BCUT2D eigenvalue weighted by molar-refractivity contribution is 0.326. The third kappa shape index (κ3) is 4.45. The predicted octanol–water partition coefficient (Wildman–Crippen LogP) is 3.77. The molecule has 0 radical (unpaired) electrons. The van der Waals surface area contributed by atoms with E-state index in [9.17, 15) is 0 Å². The molecule has 0 aromatic carbocycles. The van der Waals surface area contributed by atoms with E-state index < -0.39 is 0 Å². The van der Waals surface area contributed by atoms with Gasteiger partial charge in [0.25, 0.3) is 0 Å². The minimum absolute atomic E-state index is 0.373. The quantitative estimate of drug-likeness (QED) is 0.762. The second-order valence-electron chi connectivity index (χ2n) is 5.88. The van der Waals surface area contributed by atoms with Crippen molar-refractivity contribution in [3.8, 4) is 0 Å². The van der Waals surface area contributed by atoms with Gasteiger partial charge in [-0.3, -0.25) is 4.68 Å². The zero-order valence-electron chi connectivity index (χ0n) is 12.7. The summed E-state index contributed by atoms with van der Waals surface area (Å²) in [6.07, 6.45) is 5.60. The molecule has 1 aromatic heterocycles. The van der Waals surface area contributed by atoms with E-state index in [4.69, 9.17) is 0 Å². The summed E-state index contributed by atoms with van der Waals surface area (Å²) in [6, 6.07) is 2.68. The fourth-order valence-electron chi connectivity index (χ4n) is 1.99. The third-order valence-electron chi connectivity index (χ3n) is 3.85. The van der Waals surface area contributed by atoms with Gasteiger partial charge in [0.05, 0.1) is 11.7 Å². The van der Waals surface area contributed by atoms with Crippen LogP contribution >= 0.6 is 0 Å². The van der Waals surface area contributed by atoms with E-state index in [0.717, 1.165) is 31.6 Å². The van der Waals surface area contributed by atoms with Crippen LogP contribution in [0.5, 0.6) is 0 Å². The van der Waals surface area contributed by atoms with Gasteiger partial charge in [-0.25, -0.2) is 0 Å². The lowest BCUT2D eigenvalue weighted by Gasteiger charge is -2.22. The average molecular weight is 251 g/mol. The van der Waals surface area contributed by atoms with Crippen molar-refractivity contribution < 1.29 is 0 Å². The van der Waals surface area contributed by atoms with Crippen LogP contribution in [-0.4, -0.2) is 16.3 Å². The van der Waals surface area contributed by atoms with Gasteiger partial charge in [-0.15, -0.1) is 0 Å². The number of nitrogens with zero attached hydrogens (tertiary/aromatic N) is 2. The van der Waals surface area contributed by atoms with Gasteiger partial charge in [-0.2, -0.15) is 5.10 Å². The Balaban J connectivity index is 2.45. The first-order valence-corrected chi connectivity index (χ1v) is 7.27. The minimum atomic E-state index is 0.373. The Hall–Kier alpha value is -0.830. The lowest BCUT2D eigenvalue weighted by Crippen LogP contribution is -2.28. The average Bonchev–Trinajstić information content (AvgIpc) is 2.79. The topological polar surface area (TPSA) is 29.9 Å². The molecule has 0 aliphatic carbocycles. The van der Waals surface area contributed by atoms with Crippen molar-refractivity contribution in [3.63, 3.8) is 0 Å². The highest BCUT2D eigenvalue weighted by Gasteiger charge is 2.14. The van der Waals surface area contributed by atoms with Crippen molar-refractivity contribution >= 4 is 0 Å². The summed E-state index contributed by atoms with van der Waals surface area (Å²) in [5.41, 5.74) is 1.52. The molecule has 0 fully saturated rings. The molecular formula is C15H29N3. The third-order valence-corrected chi connectivity index (χ3v) is 3.85. The molecule has 0 saturated carbocycles. The molecule has 1 rings (SSSR count). The van der Waals surface area contributed by atoms with Crippen molar-refractivity contribution in [2.24, 2.45) is 5.41 Å². The zero-order chi connectivity index (χ0) is 13.6. The molecule has 0 unspecified atom stereocenters. The number of nitrogens with one attached hydrogen (secondary N) is 1. The molecule has 3 heteroatoms. The molecule has 0 bridgehead atoms. The Morgan fingerprint density at radius 2 is 1.94 bits per heavy atom. The van der Waals surface area contributed by atoms with Gasteiger partial charge in [0.2, 0.25) is 0 Å². The largest absolute Gasteiger partial charge is 0.311 e. The Kier molecular flexibility index (Phi) is 5.86. The summed E-state index contributed by atoms with van der Waals surface area (Å²) in [5, 5.41) is 8.16. The van der Waals surface area contributed by atoms with Crippen molar-refractivity contribution in [2.75, 3.05) is 6.54 Å². The fraction of sp³-hybridized carbons (Fsp3) is 0.800. The molecule has 18 heavy (non-hydrogen) atoms. The Morgan fingerprint density at radius 3 is 2.50 bits per heavy atom. The van der Waals surface area contributed by atoms with Crippen LogP contribution in [0.1, 0.15) is 65.6 Å². The van der Waals surface area contributed by atoms with Gasteiger partial charge < -0.3 is 5.32 Å². The lowest BCUT2D eigenvalue weighted by atomic mass is 9.90. The van der Waals surface area contributed by atoms with Gasteiger partial charge >= 0.3 is 0 Å². The van der Waals surface area contributed by atoms with Crippen molar-refractivity contribution in [3.05, 3.63) is 18.0 Å². The summed E-state index contributed by atoms with van der Waals surface area (Å²) in [4.78, 5) is 0. The predicted molar refractivity (Wildman–Crippen MR) is 77.6 cm³/mol. The summed E-state index contributed by atoms with van der Waals surface area (Å²) in [6.45, 7) is 13.2. The molecule has 0 aliphatic rings. The monoisotopic (exact) mass is 251 g/mol. The molecule has 104 valence electrons. The number of hydrogen-bond acceptors (Lipinski definition) is 2. The van der Waals surface area contributed by atoms with Crippen LogP contribution in [0.15, 0.2) is 12.3 Å². The second-order valence-corrected chi connectivity index (χ2v) is 5.88. The highest BCUT2D eigenvalue weighted by Crippen LogP contribution is 2.18. The normalized spacial score (nSPS) is 12.3. The molecule has 0 spiro atoms. The molecule has 0 saturated heterocycles. The van der Waals surface area contributed by atoms with Gasteiger partial charge in [-0.05, 0) is 30.7 Å². The molecule has 0 atom stereocenters. The van der Waals surface area contributed by atoms with Crippen LogP contribution in [0.25, 0.3) is 0 Å². The summed E-state index contributed by atoms with van der Waals surface area (Å²) in [5.74, 6) is 0. The maximum atomic E-state index is 4.65. The van der Waals surface area contributed by atoms with Crippen LogP contribution in [0.2, 0.25) is 0 Å². The number of aromatic nitrogens is 2. The van der Waals surface area contributed by atoms with Gasteiger partial charge in [-0.1, -0.05) is 34.6 Å². The molecule has 0 amide bonds. The first-order valence-electron chi connectivity index (χ1n) is 7.27. The van der Waals surface area contributed by atoms with Crippen LogP contribution < -0.4 is 5.32 Å². The standard InChI is InChI=1S/C15H29N3/c1-6-14(7-2)18-10-9-13(17-18)11-16-12-15(4,5)8-3/h9-10,14,16H,6-8,11-12H2,1-5H3. The van der Waals surface area contributed by atoms with Gasteiger partial charge in [0.1, 0.15) is 0 Å². The molecule has 1 N–H and O–H groups in total. The minimum Gasteiger partial charge on any atom is -0.311 e. The number of hydrogen-bond donors (Lipinski definition) is 1. The van der Waals surface area contributed by atoms with E-state index in [-0.39, 0.29) is 0 Å². The summed E-state index contributed by atoms with van der Waals surface area (Å²) < 4.78 is 2.11. The molecule has 3 nitrogen and oxygen atoms in total. The molecule has 1 aromatic rings. The van der Waals surface area contributed by atoms with E-state index in [1.165, 1.54) is 6.42 Å². The van der Waals surface area contributed by atoms with Crippen LogP contribution in [0.3, 0.4) is 0 Å². The first kappa shape index (κ1) is 15.2. The first-order chi connectivity index (χ1) is 8.52. The van der Waals surface area contributed by atoms with E-state index >= 15 is 0 Å². The van der Waals surface area contributed by atoms with E-state index in [1.54, 1.807) is 0 Å². The van der Waals surface area contributed by atoms with Crippen molar-refractivity contribution in [1.82, 2.24) is 15.1 Å². The highest BCUT2D eigenvalue weighted by molar-refractivity contribution is 4.99. The molecule has 0 aliphatic heterocycles. The van der Waals surface area contributed by atoms with Crippen molar-refractivity contribution in [1.29, 1.82) is 0 Å². The smallest absolute Gasteiger partial charge is 0.0762 e. The number of rotatable bonds is 8.